The van der Waals surface area contributed by atoms with Crippen molar-refractivity contribution in [3.63, 3.8) is 0 Å². The van der Waals surface area contributed by atoms with Crippen molar-refractivity contribution in [2.75, 3.05) is 64.0 Å². The van der Waals surface area contributed by atoms with Gasteiger partial charge in [0.25, 0.3) is 5.91 Å². The molecule has 41 heavy (non-hydrogen) atoms. The number of rotatable bonds is 17. The van der Waals surface area contributed by atoms with Gasteiger partial charge >= 0.3 is 6.09 Å². The fraction of sp³-hybridized carbons (Fsp3) is 0.419. The molecule has 0 saturated carbocycles. The molecular weight excluding hydrogens is 523 g/mol. The molecule has 0 aliphatic heterocycles. The quantitative estimate of drug-likeness (QED) is 0.152. The van der Waals surface area contributed by atoms with E-state index in [1.54, 1.807) is 14.1 Å². The van der Waals surface area contributed by atoms with Crippen LogP contribution in [0.4, 0.5) is 20.6 Å². The lowest BCUT2D eigenvalue weighted by atomic mass is 10.1. The number of anilines is 2. The number of hydrogen-bond donors (Lipinski definition) is 5. The zero-order valence-corrected chi connectivity index (χ0v) is 24.1. The van der Waals surface area contributed by atoms with E-state index in [0.717, 1.165) is 74.3 Å². The zero-order valence-electron chi connectivity index (χ0n) is 24.1. The molecule has 3 aromatic rings. The van der Waals surface area contributed by atoms with Gasteiger partial charge in [-0.25, -0.2) is 9.18 Å². The summed E-state index contributed by atoms with van der Waals surface area (Å²) in [5.41, 5.74) is 6.73. The van der Waals surface area contributed by atoms with Gasteiger partial charge in [-0.15, -0.1) is 0 Å². The molecule has 0 spiro atoms. The van der Waals surface area contributed by atoms with Crippen molar-refractivity contribution < 1.29 is 18.7 Å². The minimum absolute atomic E-state index is 0.0416. The maximum Gasteiger partial charge on any atom is 0.411 e. The molecule has 0 radical (unpaired) electrons. The van der Waals surface area contributed by atoms with Crippen LogP contribution in [0.5, 0.6) is 0 Å². The number of benzene rings is 3. The van der Waals surface area contributed by atoms with Gasteiger partial charge in [-0.2, -0.15) is 0 Å². The highest BCUT2D eigenvalue weighted by molar-refractivity contribution is 6.03. The van der Waals surface area contributed by atoms with Crippen LogP contribution in [0.25, 0.3) is 10.8 Å². The fourth-order valence-corrected chi connectivity index (χ4v) is 4.27. The Morgan fingerprint density at radius 1 is 0.829 bits per heavy atom. The average Bonchev–Trinajstić information content (AvgIpc) is 2.97. The van der Waals surface area contributed by atoms with Crippen LogP contribution in [-0.4, -0.2) is 70.3 Å². The molecule has 0 unspecified atom stereocenters. The summed E-state index contributed by atoms with van der Waals surface area (Å²) >= 11 is 0. The molecule has 0 saturated heterocycles. The minimum Gasteiger partial charge on any atom is -0.444 e. The number of carbonyl (C=O) groups is 2. The molecule has 0 bridgehead atoms. The molecule has 222 valence electrons. The Morgan fingerprint density at radius 3 is 2.22 bits per heavy atom. The van der Waals surface area contributed by atoms with Crippen LogP contribution in [0.3, 0.4) is 0 Å². The Morgan fingerprint density at radius 2 is 1.51 bits per heavy atom. The Hall–Kier alpha value is -3.73. The summed E-state index contributed by atoms with van der Waals surface area (Å²) in [4.78, 5) is 26.7. The van der Waals surface area contributed by atoms with Gasteiger partial charge in [-0.3, -0.25) is 10.1 Å². The van der Waals surface area contributed by atoms with Crippen LogP contribution in [0.15, 0.2) is 54.6 Å². The molecule has 3 aromatic carbocycles. The second-order valence-electron chi connectivity index (χ2n) is 10.1. The lowest BCUT2D eigenvalue weighted by Crippen LogP contribution is -2.25. The van der Waals surface area contributed by atoms with Crippen molar-refractivity contribution in [1.29, 1.82) is 0 Å². The average molecular weight is 567 g/mol. The first kappa shape index (κ1) is 31.8. The van der Waals surface area contributed by atoms with Crippen molar-refractivity contribution in [2.45, 2.75) is 32.3 Å². The fourth-order valence-electron chi connectivity index (χ4n) is 4.27. The standard InChI is InChI=1S/C31H43FN6O3/c1-38(2)30(39)26-20-27(32)29(36-18-8-17-35-15-6-5-14-34-16-7-13-33)21-28(26)37-31(40)41-22-23-11-12-24-9-3-4-10-25(24)19-23/h3-4,9-12,19-21,34-36H,5-8,13-18,22,33H2,1-2H3,(H,37,40). The number of nitrogens with two attached hydrogens (primary N) is 1. The number of halogens is 1. The van der Waals surface area contributed by atoms with Crippen molar-refractivity contribution in [3.05, 3.63) is 71.5 Å². The predicted molar refractivity (Wildman–Crippen MR) is 164 cm³/mol. The summed E-state index contributed by atoms with van der Waals surface area (Å²) in [6.07, 6.45) is 3.21. The number of amides is 2. The third kappa shape index (κ3) is 10.6. The second kappa shape index (κ2) is 17.2. The van der Waals surface area contributed by atoms with Gasteiger partial charge in [0.15, 0.2) is 0 Å². The molecular formula is C31H43FN6O3. The Kier molecular flexibility index (Phi) is 13.3. The first-order chi connectivity index (χ1) is 19.9. The largest absolute Gasteiger partial charge is 0.444 e. The smallest absolute Gasteiger partial charge is 0.411 e. The zero-order chi connectivity index (χ0) is 29.5. The van der Waals surface area contributed by atoms with Crippen LogP contribution < -0.4 is 27.0 Å². The van der Waals surface area contributed by atoms with Gasteiger partial charge in [-0.05, 0) is 92.9 Å². The van der Waals surface area contributed by atoms with E-state index in [2.05, 4.69) is 21.3 Å². The number of ether oxygens (including phenoxy) is 1. The highest BCUT2D eigenvalue weighted by Crippen LogP contribution is 2.26. The number of nitrogens with zero attached hydrogens (tertiary/aromatic N) is 1. The van der Waals surface area contributed by atoms with E-state index >= 15 is 0 Å². The normalized spacial score (nSPS) is 10.9. The van der Waals surface area contributed by atoms with E-state index in [-0.39, 0.29) is 23.5 Å². The van der Waals surface area contributed by atoms with Crippen molar-refractivity contribution in [1.82, 2.24) is 15.5 Å². The Bertz CT molecular complexity index is 1270. The maximum absolute atomic E-state index is 14.9. The number of unbranched alkanes of at least 4 members (excludes halogenated alkanes) is 1. The number of fused-ring (bicyclic) bond motifs is 1. The van der Waals surface area contributed by atoms with Gasteiger partial charge in [0.1, 0.15) is 12.4 Å². The first-order valence-electron chi connectivity index (χ1n) is 14.2. The highest BCUT2D eigenvalue weighted by atomic mass is 19.1. The minimum atomic E-state index is -0.734. The number of nitrogens with one attached hydrogen (secondary N) is 4. The number of carbonyl (C=O) groups excluding carboxylic acids is 2. The predicted octanol–water partition coefficient (Wildman–Crippen LogP) is 4.54. The lowest BCUT2D eigenvalue weighted by Gasteiger charge is -2.17. The summed E-state index contributed by atoms with van der Waals surface area (Å²) in [6, 6.07) is 16.3. The first-order valence-corrected chi connectivity index (χ1v) is 14.2. The summed E-state index contributed by atoms with van der Waals surface area (Å²) in [5.74, 6) is -1.00. The van der Waals surface area contributed by atoms with E-state index < -0.39 is 17.8 Å². The number of hydrogen-bond acceptors (Lipinski definition) is 7. The monoisotopic (exact) mass is 566 g/mol. The van der Waals surface area contributed by atoms with Gasteiger partial charge in [0.05, 0.1) is 16.9 Å². The third-order valence-corrected chi connectivity index (χ3v) is 6.52. The highest BCUT2D eigenvalue weighted by Gasteiger charge is 2.19. The summed E-state index contributed by atoms with van der Waals surface area (Å²) in [5, 5.41) is 14.6. The molecule has 0 aliphatic carbocycles. The molecule has 10 heteroatoms. The molecule has 0 fully saturated rings. The molecule has 0 aliphatic rings. The van der Waals surface area contributed by atoms with E-state index in [4.69, 9.17) is 10.5 Å². The third-order valence-electron chi connectivity index (χ3n) is 6.52. The molecule has 0 heterocycles. The topological polar surface area (TPSA) is 121 Å². The summed E-state index contributed by atoms with van der Waals surface area (Å²) in [6.45, 7) is 4.95. The Labute approximate surface area is 242 Å². The Balaban J connectivity index is 1.51. The van der Waals surface area contributed by atoms with E-state index in [1.807, 2.05) is 42.5 Å². The maximum atomic E-state index is 14.9. The van der Waals surface area contributed by atoms with E-state index in [9.17, 15) is 14.0 Å². The van der Waals surface area contributed by atoms with Gasteiger partial charge in [-0.1, -0.05) is 36.4 Å². The van der Waals surface area contributed by atoms with E-state index in [1.165, 1.54) is 11.0 Å². The van der Waals surface area contributed by atoms with Crippen LogP contribution in [0, 0.1) is 5.82 Å². The molecule has 2 amide bonds. The SMILES string of the molecule is CN(C)C(=O)c1cc(F)c(NCCCNCCCCNCCCN)cc1NC(=O)OCc1ccc2ccccc2c1. The van der Waals surface area contributed by atoms with Crippen LogP contribution >= 0.6 is 0 Å². The van der Waals surface area contributed by atoms with Crippen LogP contribution in [0.2, 0.25) is 0 Å². The van der Waals surface area contributed by atoms with E-state index in [0.29, 0.717) is 13.1 Å². The van der Waals surface area contributed by atoms with Crippen molar-refractivity contribution >= 4 is 34.1 Å². The molecule has 0 aromatic heterocycles. The molecule has 9 nitrogen and oxygen atoms in total. The second-order valence-corrected chi connectivity index (χ2v) is 10.1. The van der Waals surface area contributed by atoms with Gasteiger partial charge < -0.3 is 31.3 Å². The van der Waals surface area contributed by atoms with Gasteiger partial charge in [0, 0.05) is 20.6 Å². The van der Waals surface area contributed by atoms with Crippen molar-refractivity contribution in [2.24, 2.45) is 5.73 Å². The summed E-state index contributed by atoms with van der Waals surface area (Å²) < 4.78 is 20.3. The summed E-state index contributed by atoms with van der Waals surface area (Å²) in [7, 11) is 3.14. The van der Waals surface area contributed by atoms with Gasteiger partial charge in [0.2, 0.25) is 0 Å². The van der Waals surface area contributed by atoms with Crippen LogP contribution in [0.1, 0.15) is 41.6 Å². The van der Waals surface area contributed by atoms with Crippen LogP contribution in [-0.2, 0) is 11.3 Å². The molecule has 3 rings (SSSR count). The molecule has 0 atom stereocenters. The van der Waals surface area contributed by atoms with Crippen molar-refractivity contribution in [3.8, 4) is 0 Å². The lowest BCUT2D eigenvalue weighted by molar-refractivity contribution is 0.0828. The molecule has 6 N–H and O–H groups in total.